The number of imidazole rings is 1. The Morgan fingerprint density at radius 3 is 2.81 bits per heavy atom. The smallest absolute Gasteiger partial charge is 0.326 e. The second kappa shape index (κ2) is 4.76. The van der Waals surface area contributed by atoms with Gasteiger partial charge in [0.05, 0.1) is 17.0 Å². The van der Waals surface area contributed by atoms with E-state index in [1.165, 1.54) is 4.57 Å². The number of aromatic nitrogens is 2. The zero-order chi connectivity index (χ0) is 15.1. The molecule has 1 atom stereocenters. The maximum atomic E-state index is 12.4. The van der Waals surface area contributed by atoms with E-state index >= 15 is 0 Å². The first-order valence-corrected chi connectivity index (χ1v) is 6.68. The van der Waals surface area contributed by atoms with Crippen LogP contribution in [0.2, 0.25) is 0 Å². The van der Waals surface area contributed by atoms with Crippen molar-refractivity contribution < 1.29 is 14.7 Å². The van der Waals surface area contributed by atoms with Crippen molar-refractivity contribution in [2.24, 2.45) is 13.0 Å². The Morgan fingerprint density at radius 1 is 1.38 bits per heavy atom. The van der Waals surface area contributed by atoms with Gasteiger partial charge in [0.15, 0.2) is 0 Å². The van der Waals surface area contributed by atoms with Crippen molar-refractivity contribution in [1.82, 2.24) is 14.5 Å². The molecule has 1 aromatic heterocycles. The second-order valence-electron chi connectivity index (χ2n) is 5.30. The number of likely N-dealkylation sites (tertiary alicyclic amines) is 1. The van der Waals surface area contributed by atoms with Gasteiger partial charge in [-0.2, -0.15) is 0 Å². The number of hydrogen-bond acceptors (Lipinski definition) is 3. The Kier molecular flexibility index (Phi) is 3.04. The van der Waals surface area contributed by atoms with E-state index < -0.39 is 11.9 Å². The van der Waals surface area contributed by atoms with Gasteiger partial charge >= 0.3 is 11.7 Å². The normalized spacial score (nSPS) is 18.3. The van der Waals surface area contributed by atoms with Crippen LogP contribution in [0.3, 0.4) is 0 Å². The van der Waals surface area contributed by atoms with Crippen molar-refractivity contribution in [3.63, 3.8) is 0 Å². The van der Waals surface area contributed by atoms with Gasteiger partial charge in [0.25, 0.3) is 5.91 Å². The molecule has 0 aliphatic carbocycles. The van der Waals surface area contributed by atoms with E-state index in [0.29, 0.717) is 24.0 Å². The maximum Gasteiger partial charge on any atom is 0.326 e. The summed E-state index contributed by atoms with van der Waals surface area (Å²) in [5.74, 6) is -1.56. The van der Waals surface area contributed by atoms with Crippen LogP contribution in [0.1, 0.15) is 16.8 Å². The molecule has 1 fully saturated rings. The fourth-order valence-corrected chi connectivity index (χ4v) is 2.70. The molecule has 2 aromatic rings. The highest BCUT2D eigenvalue weighted by molar-refractivity contribution is 5.97. The van der Waals surface area contributed by atoms with Crippen LogP contribution in [-0.4, -0.2) is 44.5 Å². The minimum absolute atomic E-state index is 0.203. The van der Waals surface area contributed by atoms with Crippen LogP contribution in [0.25, 0.3) is 11.0 Å². The molecule has 3 rings (SSSR count). The van der Waals surface area contributed by atoms with E-state index in [2.05, 4.69) is 4.98 Å². The Morgan fingerprint density at radius 2 is 2.14 bits per heavy atom. The predicted molar refractivity (Wildman–Crippen MR) is 75.2 cm³/mol. The van der Waals surface area contributed by atoms with E-state index in [1.54, 1.807) is 30.1 Å². The van der Waals surface area contributed by atoms with E-state index in [4.69, 9.17) is 5.11 Å². The largest absolute Gasteiger partial charge is 0.481 e. The standard InChI is InChI=1S/C14H15N3O4/c1-16-11-3-2-8(6-10(11)15-14(16)21)12(18)17-5-4-9(7-17)13(19)20/h2-3,6,9H,4-5,7H2,1H3,(H,15,21)(H,19,20). The van der Waals surface area contributed by atoms with Crippen LogP contribution in [0.4, 0.5) is 0 Å². The Labute approximate surface area is 119 Å². The number of carboxylic acids is 1. The summed E-state index contributed by atoms with van der Waals surface area (Å²) in [6, 6.07) is 5.00. The summed E-state index contributed by atoms with van der Waals surface area (Å²) in [7, 11) is 1.65. The van der Waals surface area contributed by atoms with Gasteiger partial charge < -0.3 is 15.0 Å². The lowest BCUT2D eigenvalue weighted by Crippen LogP contribution is -2.29. The molecular formula is C14H15N3O4. The average molecular weight is 289 g/mol. The summed E-state index contributed by atoms with van der Waals surface area (Å²) in [4.78, 5) is 39.1. The van der Waals surface area contributed by atoms with Crippen LogP contribution in [0.15, 0.2) is 23.0 Å². The molecule has 2 N–H and O–H groups in total. The van der Waals surface area contributed by atoms with Crippen molar-refractivity contribution in [2.45, 2.75) is 6.42 Å². The first-order chi connectivity index (χ1) is 9.97. The van der Waals surface area contributed by atoms with Gasteiger partial charge in [-0.15, -0.1) is 0 Å². The zero-order valence-corrected chi connectivity index (χ0v) is 11.5. The van der Waals surface area contributed by atoms with Crippen LogP contribution >= 0.6 is 0 Å². The summed E-state index contributed by atoms with van der Waals surface area (Å²) in [6.07, 6.45) is 0.478. The highest BCUT2D eigenvalue weighted by atomic mass is 16.4. The number of carboxylic acid groups (broad SMARTS) is 1. The van der Waals surface area contributed by atoms with Gasteiger partial charge in [-0.3, -0.25) is 14.2 Å². The van der Waals surface area contributed by atoms with Crippen LogP contribution in [0, 0.1) is 5.92 Å². The number of carbonyl (C=O) groups excluding carboxylic acids is 1. The van der Waals surface area contributed by atoms with Crippen molar-refractivity contribution in [3.8, 4) is 0 Å². The van der Waals surface area contributed by atoms with Crippen LogP contribution in [0.5, 0.6) is 0 Å². The molecule has 0 spiro atoms. The number of nitrogens with one attached hydrogen (secondary N) is 1. The number of hydrogen-bond donors (Lipinski definition) is 2. The lowest BCUT2D eigenvalue weighted by molar-refractivity contribution is -0.141. The highest BCUT2D eigenvalue weighted by Crippen LogP contribution is 2.20. The number of H-pyrrole nitrogens is 1. The van der Waals surface area contributed by atoms with Crippen molar-refractivity contribution in [3.05, 3.63) is 34.2 Å². The molecule has 0 saturated carbocycles. The number of amides is 1. The lowest BCUT2D eigenvalue weighted by atomic mass is 10.1. The monoisotopic (exact) mass is 289 g/mol. The third-order valence-corrected chi connectivity index (χ3v) is 3.98. The summed E-state index contributed by atoms with van der Waals surface area (Å²) >= 11 is 0. The van der Waals surface area contributed by atoms with Gasteiger partial charge in [0, 0.05) is 25.7 Å². The fraction of sp³-hybridized carbons (Fsp3) is 0.357. The molecule has 1 amide bonds. The molecule has 7 nitrogen and oxygen atoms in total. The van der Waals surface area contributed by atoms with Crippen molar-refractivity contribution in [1.29, 1.82) is 0 Å². The zero-order valence-electron chi connectivity index (χ0n) is 11.5. The molecule has 0 bridgehead atoms. The number of aliphatic carboxylic acids is 1. The molecule has 7 heteroatoms. The second-order valence-corrected chi connectivity index (χ2v) is 5.30. The summed E-state index contributed by atoms with van der Waals surface area (Å²) in [6.45, 7) is 0.677. The first-order valence-electron chi connectivity index (χ1n) is 6.68. The Hall–Kier alpha value is -2.57. The SMILES string of the molecule is Cn1c(=O)[nH]c2cc(C(=O)N3CCC(C(=O)O)C3)ccc21. The lowest BCUT2D eigenvalue weighted by Gasteiger charge is -2.15. The molecular weight excluding hydrogens is 274 g/mol. The minimum atomic E-state index is -0.867. The van der Waals surface area contributed by atoms with Gasteiger partial charge in [-0.05, 0) is 24.6 Å². The molecule has 2 heterocycles. The molecule has 0 radical (unpaired) electrons. The highest BCUT2D eigenvalue weighted by Gasteiger charge is 2.31. The fourth-order valence-electron chi connectivity index (χ4n) is 2.70. The van der Waals surface area contributed by atoms with Gasteiger partial charge in [0.1, 0.15) is 0 Å². The van der Waals surface area contributed by atoms with E-state index in [-0.39, 0.29) is 18.1 Å². The Balaban J connectivity index is 1.88. The number of nitrogens with zero attached hydrogens (tertiary/aromatic N) is 2. The quantitative estimate of drug-likeness (QED) is 0.837. The van der Waals surface area contributed by atoms with E-state index in [9.17, 15) is 14.4 Å². The van der Waals surface area contributed by atoms with E-state index in [0.717, 1.165) is 5.52 Å². The molecule has 1 aliphatic rings. The number of rotatable bonds is 2. The minimum Gasteiger partial charge on any atom is -0.481 e. The molecule has 110 valence electrons. The van der Waals surface area contributed by atoms with E-state index in [1.807, 2.05) is 0 Å². The average Bonchev–Trinajstić information content (AvgIpc) is 3.04. The van der Waals surface area contributed by atoms with Crippen molar-refractivity contribution >= 4 is 22.9 Å². The first kappa shape index (κ1) is 13.4. The van der Waals surface area contributed by atoms with Crippen LogP contribution in [-0.2, 0) is 11.8 Å². The van der Waals surface area contributed by atoms with Gasteiger partial charge in [-0.1, -0.05) is 0 Å². The van der Waals surface area contributed by atoms with Crippen LogP contribution < -0.4 is 5.69 Å². The summed E-state index contributed by atoms with van der Waals surface area (Å²) < 4.78 is 1.47. The number of fused-ring (bicyclic) bond motifs is 1. The third kappa shape index (κ3) is 2.20. The number of aromatic amines is 1. The maximum absolute atomic E-state index is 12.4. The number of carbonyl (C=O) groups is 2. The molecule has 1 aliphatic heterocycles. The third-order valence-electron chi connectivity index (χ3n) is 3.98. The predicted octanol–water partition coefficient (Wildman–Crippen LogP) is 0.413. The summed E-state index contributed by atoms with van der Waals surface area (Å²) in [5, 5.41) is 8.98. The molecule has 1 aromatic carbocycles. The Bertz CT molecular complexity index is 789. The number of benzene rings is 1. The molecule has 21 heavy (non-hydrogen) atoms. The molecule has 1 unspecified atom stereocenters. The van der Waals surface area contributed by atoms with Gasteiger partial charge in [-0.25, -0.2) is 4.79 Å². The topological polar surface area (TPSA) is 95.4 Å². The molecule has 1 saturated heterocycles. The summed E-state index contributed by atoms with van der Waals surface area (Å²) in [5.41, 5.74) is 1.54. The number of aryl methyl sites for hydroxylation is 1. The van der Waals surface area contributed by atoms with Gasteiger partial charge in [0.2, 0.25) is 0 Å². The van der Waals surface area contributed by atoms with Crippen molar-refractivity contribution in [2.75, 3.05) is 13.1 Å².